The van der Waals surface area contributed by atoms with Crippen LogP contribution in [0, 0.1) is 0 Å². The Balaban J connectivity index is 2.01. The maximum atomic E-state index is 5.41. The highest BCUT2D eigenvalue weighted by atomic mass is 16.7. The lowest BCUT2D eigenvalue weighted by Crippen LogP contribution is -2.32. The van der Waals surface area contributed by atoms with Gasteiger partial charge in [-0.25, -0.2) is 0 Å². The summed E-state index contributed by atoms with van der Waals surface area (Å²) in [6.45, 7) is 5.06. The van der Waals surface area contributed by atoms with Crippen molar-refractivity contribution >= 4 is 0 Å². The van der Waals surface area contributed by atoms with Crippen LogP contribution in [0.15, 0.2) is 0 Å². The van der Waals surface area contributed by atoms with Gasteiger partial charge in [-0.05, 0) is 13.3 Å². The first-order valence-electron chi connectivity index (χ1n) is 3.60. The van der Waals surface area contributed by atoms with Crippen LogP contribution >= 0.6 is 0 Å². The molecule has 9 heavy (non-hydrogen) atoms. The van der Waals surface area contributed by atoms with E-state index in [1.54, 1.807) is 0 Å². The quantitative estimate of drug-likeness (QED) is 0.577. The maximum absolute atomic E-state index is 5.41. The van der Waals surface area contributed by atoms with Crippen molar-refractivity contribution in [3.05, 3.63) is 0 Å². The van der Waals surface area contributed by atoms with E-state index in [1.807, 2.05) is 0 Å². The van der Waals surface area contributed by atoms with Gasteiger partial charge in [-0.3, -0.25) is 0 Å². The molecule has 0 bridgehead atoms. The minimum absolute atomic E-state index is 0.111. The second-order valence-electron chi connectivity index (χ2n) is 2.44. The Kier molecular flexibility index (Phi) is 2.49. The molecule has 0 aliphatic carbocycles. The van der Waals surface area contributed by atoms with E-state index in [1.165, 1.54) is 0 Å². The molecule has 1 saturated heterocycles. The lowest BCUT2D eigenvalue weighted by molar-refractivity contribution is -0.232. The molecule has 0 amide bonds. The molecule has 1 rings (SSSR count). The summed E-state index contributed by atoms with van der Waals surface area (Å²) in [4.78, 5) is 0. The van der Waals surface area contributed by atoms with Crippen molar-refractivity contribution in [2.75, 3.05) is 6.61 Å². The molecule has 0 aromatic heterocycles. The monoisotopic (exact) mass is 130 g/mol. The topological polar surface area (TPSA) is 18.5 Å². The zero-order valence-corrected chi connectivity index (χ0v) is 6.09. The van der Waals surface area contributed by atoms with Gasteiger partial charge in [-0.2, -0.15) is 0 Å². The summed E-state index contributed by atoms with van der Waals surface area (Å²) in [7, 11) is 0. The standard InChI is InChI=1S/C7H14O2/c1-3-6(2)9-7-4-5-8-7/h6-7H,3-5H2,1-2H3. The Morgan fingerprint density at radius 3 is 2.78 bits per heavy atom. The van der Waals surface area contributed by atoms with Crippen LogP contribution < -0.4 is 0 Å². The van der Waals surface area contributed by atoms with Crippen LogP contribution in [-0.4, -0.2) is 19.0 Å². The molecule has 0 N–H and O–H groups in total. The van der Waals surface area contributed by atoms with Gasteiger partial charge in [0.15, 0.2) is 6.29 Å². The second kappa shape index (κ2) is 3.18. The Morgan fingerprint density at radius 2 is 2.44 bits per heavy atom. The highest BCUT2D eigenvalue weighted by molar-refractivity contribution is 4.57. The van der Waals surface area contributed by atoms with Crippen LogP contribution in [0.5, 0.6) is 0 Å². The smallest absolute Gasteiger partial charge is 0.160 e. The molecule has 0 radical (unpaired) electrons. The molecule has 0 aromatic carbocycles. The SMILES string of the molecule is CCC(C)OC1CCO1. The van der Waals surface area contributed by atoms with Gasteiger partial charge in [0.25, 0.3) is 0 Å². The first-order chi connectivity index (χ1) is 4.33. The van der Waals surface area contributed by atoms with Crippen molar-refractivity contribution in [3.8, 4) is 0 Å². The van der Waals surface area contributed by atoms with Crippen molar-refractivity contribution < 1.29 is 9.47 Å². The summed E-state index contributed by atoms with van der Waals surface area (Å²) in [5, 5.41) is 0. The minimum atomic E-state index is 0.111. The Morgan fingerprint density at radius 1 is 1.78 bits per heavy atom. The average molecular weight is 130 g/mol. The van der Waals surface area contributed by atoms with E-state index in [4.69, 9.17) is 9.47 Å². The molecule has 2 unspecified atom stereocenters. The van der Waals surface area contributed by atoms with Gasteiger partial charge in [0.05, 0.1) is 12.7 Å². The fourth-order valence-corrected chi connectivity index (χ4v) is 0.677. The van der Waals surface area contributed by atoms with Gasteiger partial charge in [-0.15, -0.1) is 0 Å². The predicted octanol–water partition coefficient (Wildman–Crippen LogP) is 1.55. The molecular weight excluding hydrogens is 116 g/mol. The molecular formula is C7H14O2. The highest BCUT2D eigenvalue weighted by Crippen LogP contribution is 2.14. The average Bonchev–Trinajstić information content (AvgIpc) is 1.78. The Bertz CT molecular complexity index is 76.2. The van der Waals surface area contributed by atoms with E-state index >= 15 is 0 Å². The molecule has 54 valence electrons. The first-order valence-corrected chi connectivity index (χ1v) is 3.60. The van der Waals surface area contributed by atoms with Crippen molar-refractivity contribution in [2.45, 2.75) is 39.1 Å². The van der Waals surface area contributed by atoms with Gasteiger partial charge in [-0.1, -0.05) is 6.92 Å². The molecule has 2 heteroatoms. The molecule has 1 heterocycles. The van der Waals surface area contributed by atoms with Gasteiger partial charge in [0, 0.05) is 6.42 Å². The van der Waals surface area contributed by atoms with Crippen LogP contribution in [0.2, 0.25) is 0 Å². The Hall–Kier alpha value is -0.0800. The van der Waals surface area contributed by atoms with Crippen molar-refractivity contribution in [3.63, 3.8) is 0 Å². The van der Waals surface area contributed by atoms with Crippen LogP contribution in [0.1, 0.15) is 26.7 Å². The van der Waals surface area contributed by atoms with E-state index in [9.17, 15) is 0 Å². The lowest BCUT2D eigenvalue weighted by Gasteiger charge is -2.28. The number of rotatable bonds is 3. The summed E-state index contributed by atoms with van der Waals surface area (Å²) in [6.07, 6.45) is 2.61. The van der Waals surface area contributed by atoms with Gasteiger partial charge >= 0.3 is 0 Å². The third-order valence-electron chi connectivity index (χ3n) is 1.62. The minimum Gasteiger partial charge on any atom is -0.352 e. The van der Waals surface area contributed by atoms with Crippen LogP contribution in [0.25, 0.3) is 0 Å². The second-order valence-corrected chi connectivity index (χ2v) is 2.44. The molecule has 0 saturated carbocycles. The van der Waals surface area contributed by atoms with Crippen molar-refractivity contribution in [2.24, 2.45) is 0 Å². The predicted molar refractivity (Wildman–Crippen MR) is 35.2 cm³/mol. The van der Waals surface area contributed by atoms with Crippen LogP contribution in [0.3, 0.4) is 0 Å². The number of hydrogen-bond donors (Lipinski definition) is 0. The van der Waals surface area contributed by atoms with Gasteiger partial charge in [0.2, 0.25) is 0 Å². The summed E-state index contributed by atoms with van der Waals surface area (Å²) in [6, 6.07) is 0. The van der Waals surface area contributed by atoms with Crippen LogP contribution in [-0.2, 0) is 9.47 Å². The molecule has 2 atom stereocenters. The van der Waals surface area contributed by atoms with E-state index in [-0.39, 0.29) is 6.29 Å². The zero-order valence-electron chi connectivity index (χ0n) is 6.09. The summed E-state index contributed by atoms with van der Waals surface area (Å²) >= 11 is 0. The van der Waals surface area contributed by atoms with E-state index in [0.29, 0.717) is 6.10 Å². The molecule has 1 aliphatic rings. The third kappa shape index (κ3) is 1.95. The highest BCUT2D eigenvalue weighted by Gasteiger charge is 2.19. The van der Waals surface area contributed by atoms with Gasteiger partial charge in [0.1, 0.15) is 0 Å². The molecule has 2 nitrogen and oxygen atoms in total. The number of ether oxygens (including phenoxy) is 2. The van der Waals surface area contributed by atoms with E-state index in [0.717, 1.165) is 19.4 Å². The van der Waals surface area contributed by atoms with E-state index < -0.39 is 0 Å². The lowest BCUT2D eigenvalue weighted by atomic mass is 10.3. The first kappa shape index (κ1) is 7.03. The largest absolute Gasteiger partial charge is 0.352 e. The van der Waals surface area contributed by atoms with E-state index in [2.05, 4.69) is 13.8 Å². The molecule has 0 spiro atoms. The molecule has 1 aliphatic heterocycles. The molecule has 0 aromatic rings. The summed E-state index contributed by atoms with van der Waals surface area (Å²) in [5.41, 5.74) is 0. The maximum Gasteiger partial charge on any atom is 0.160 e. The third-order valence-corrected chi connectivity index (χ3v) is 1.62. The fraction of sp³-hybridized carbons (Fsp3) is 1.00. The zero-order chi connectivity index (χ0) is 6.69. The fourth-order valence-electron chi connectivity index (χ4n) is 0.677. The molecule has 1 fully saturated rings. The van der Waals surface area contributed by atoms with Crippen LogP contribution in [0.4, 0.5) is 0 Å². The number of hydrogen-bond acceptors (Lipinski definition) is 2. The Labute approximate surface area is 56.2 Å². The van der Waals surface area contributed by atoms with Crippen molar-refractivity contribution in [1.82, 2.24) is 0 Å². The summed E-state index contributed by atoms with van der Waals surface area (Å²) < 4.78 is 10.5. The summed E-state index contributed by atoms with van der Waals surface area (Å²) in [5.74, 6) is 0. The normalized spacial score (nSPS) is 29.3. The van der Waals surface area contributed by atoms with Gasteiger partial charge < -0.3 is 9.47 Å². The van der Waals surface area contributed by atoms with Crippen molar-refractivity contribution in [1.29, 1.82) is 0 Å².